The number of fused-ring (bicyclic) bond motifs is 1. The van der Waals surface area contributed by atoms with E-state index in [1.807, 2.05) is 11.4 Å². The van der Waals surface area contributed by atoms with Crippen LogP contribution in [-0.2, 0) is 4.79 Å². The molecule has 0 bridgehead atoms. The first-order valence-electron chi connectivity index (χ1n) is 8.25. The summed E-state index contributed by atoms with van der Waals surface area (Å²) in [6, 6.07) is 3.61. The van der Waals surface area contributed by atoms with E-state index in [0.717, 1.165) is 5.39 Å². The van der Waals surface area contributed by atoms with E-state index in [0.29, 0.717) is 22.6 Å². The molecule has 0 radical (unpaired) electrons. The standard InChI is InChI=1S/C17H18F3N7O/c1-16(2,14(28)25-8-17(18,19)20)27-15-24-7-11(21)12(26-15)10-6-23-13-9(10)4-3-5-22-13/h3-7H,8,21H2,1-2H3,(H,22,23)(H,25,28)(H,24,26,27). The number of nitrogen functional groups attached to an aromatic ring is 1. The first-order valence-corrected chi connectivity index (χ1v) is 8.25. The summed E-state index contributed by atoms with van der Waals surface area (Å²) in [5.74, 6) is -0.794. The number of H-pyrrole nitrogens is 1. The summed E-state index contributed by atoms with van der Waals surface area (Å²) >= 11 is 0. The Morgan fingerprint density at radius 2 is 2.04 bits per heavy atom. The van der Waals surface area contributed by atoms with E-state index >= 15 is 0 Å². The number of rotatable bonds is 5. The summed E-state index contributed by atoms with van der Waals surface area (Å²) in [5.41, 5.74) is 6.65. The molecular formula is C17H18F3N7O. The van der Waals surface area contributed by atoms with Crippen LogP contribution in [0.1, 0.15) is 13.8 Å². The van der Waals surface area contributed by atoms with Crippen molar-refractivity contribution in [1.29, 1.82) is 0 Å². The maximum absolute atomic E-state index is 12.3. The Hall–Kier alpha value is -3.37. The summed E-state index contributed by atoms with van der Waals surface area (Å²) in [4.78, 5) is 27.7. The molecular weight excluding hydrogens is 375 g/mol. The van der Waals surface area contributed by atoms with Gasteiger partial charge in [-0.15, -0.1) is 0 Å². The van der Waals surface area contributed by atoms with Gasteiger partial charge in [0, 0.05) is 23.3 Å². The maximum Gasteiger partial charge on any atom is 0.405 e. The Bertz CT molecular complexity index is 1010. The van der Waals surface area contributed by atoms with E-state index in [1.165, 1.54) is 20.0 Å². The lowest BCUT2D eigenvalue weighted by Crippen LogP contribution is -2.50. The lowest BCUT2D eigenvalue weighted by molar-refractivity contribution is -0.140. The second kappa shape index (κ2) is 6.98. The van der Waals surface area contributed by atoms with E-state index in [1.54, 1.807) is 18.5 Å². The van der Waals surface area contributed by atoms with Gasteiger partial charge in [-0.2, -0.15) is 13.2 Å². The molecule has 3 aromatic rings. The number of aromatic amines is 1. The lowest BCUT2D eigenvalue weighted by Gasteiger charge is -2.25. The van der Waals surface area contributed by atoms with Crippen molar-refractivity contribution in [2.24, 2.45) is 0 Å². The molecule has 8 nitrogen and oxygen atoms in total. The van der Waals surface area contributed by atoms with Gasteiger partial charge in [0.25, 0.3) is 0 Å². The highest BCUT2D eigenvalue weighted by Gasteiger charge is 2.33. The third-order valence-corrected chi connectivity index (χ3v) is 3.96. The molecule has 3 aromatic heterocycles. The molecule has 3 heterocycles. The fourth-order valence-corrected chi connectivity index (χ4v) is 2.56. The van der Waals surface area contributed by atoms with Crippen molar-refractivity contribution in [2.75, 3.05) is 17.6 Å². The molecule has 148 valence electrons. The molecule has 0 atom stereocenters. The van der Waals surface area contributed by atoms with Crippen LogP contribution in [0.25, 0.3) is 22.3 Å². The maximum atomic E-state index is 12.3. The Balaban J connectivity index is 1.86. The second-order valence-electron chi connectivity index (χ2n) is 6.65. The minimum atomic E-state index is -4.50. The van der Waals surface area contributed by atoms with Crippen LogP contribution in [0.5, 0.6) is 0 Å². The number of nitrogens with two attached hydrogens (primary N) is 1. The van der Waals surface area contributed by atoms with Crippen molar-refractivity contribution in [2.45, 2.75) is 25.6 Å². The van der Waals surface area contributed by atoms with Crippen molar-refractivity contribution < 1.29 is 18.0 Å². The molecule has 0 unspecified atom stereocenters. The molecule has 0 aliphatic rings. The van der Waals surface area contributed by atoms with Crippen molar-refractivity contribution in [3.63, 3.8) is 0 Å². The highest BCUT2D eigenvalue weighted by Crippen LogP contribution is 2.30. The van der Waals surface area contributed by atoms with Crippen LogP contribution in [0.2, 0.25) is 0 Å². The van der Waals surface area contributed by atoms with Gasteiger partial charge in [0.2, 0.25) is 11.9 Å². The largest absolute Gasteiger partial charge is 0.405 e. The van der Waals surface area contributed by atoms with Crippen LogP contribution in [0.3, 0.4) is 0 Å². The highest BCUT2D eigenvalue weighted by molar-refractivity contribution is 5.95. The molecule has 1 amide bonds. The second-order valence-corrected chi connectivity index (χ2v) is 6.65. The molecule has 11 heteroatoms. The molecule has 0 aliphatic carbocycles. The number of nitrogens with one attached hydrogen (secondary N) is 3. The summed E-state index contributed by atoms with van der Waals surface area (Å²) in [6.45, 7) is 1.43. The number of amides is 1. The number of nitrogens with zero attached hydrogens (tertiary/aromatic N) is 3. The summed E-state index contributed by atoms with van der Waals surface area (Å²) < 4.78 is 37.0. The number of alkyl halides is 3. The fourth-order valence-electron chi connectivity index (χ4n) is 2.56. The van der Waals surface area contributed by atoms with E-state index in [4.69, 9.17) is 5.73 Å². The van der Waals surface area contributed by atoms with Gasteiger partial charge in [-0.1, -0.05) is 0 Å². The van der Waals surface area contributed by atoms with Crippen molar-refractivity contribution in [3.05, 3.63) is 30.7 Å². The van der Waals surface area contributed by atoms with Gasteiger partial charge < -0.3 is 21.4 Å². The first-order chi connectivity index (χ1) is 13.1. The quantitative estimate of drug-likeness (QED) is 0.528. The van der Waals surface area contributed by atoms with E-state index in [-0.39, 0.29) is 5.95 Å². The van der Waals surface area contributed by atoms with Gasteiger partial charge in [-0.05, 0) is 26.0 Å². The van der Waals surface area contributed by atoms with Crippen LogP contribution < -0.4 is 16.4 Å². The Kier molecular flexibility index (Phi) is 4.84. The van der Waals surface area contributed by atoms with Crippen molar-refractivity contribution in [1.82, 2.24) is 25.3 Å². The number of carbonyl (C=O) groups is 1. The van der Waals surface area contributed by atoms with Crippen LogP contribution in [-0.4, -0.2) is 44.1 Å². The molecule has 5 N–H and O–H groups in total. The van der Waals surface area contributed by atoms with Crippen LogP contribution >= 0.6 is 0 Å². The third kappa shape index (κ3) is 4.13. The lowest BCUT2D eigenvalue weighted by atomic mass is 10.0. The van der Waals surface area contributed by atoms with E-state index in [2.05, 4.69) is 25.3 Å². The molecule has 3 rings (SSSR count). The molecule has 0 aliphatic heterocycles. The van der Waals surface area contributed by atoms with Gasteiger partial charge in [0.05, 0.1) is 11.9 Å². The molecule has 28 heavy (non-hydrogen) atoms. The SMILES string of the molecule is CC(C)(Nc1ncc(N)c(-c2c[nH]c3ncccc23)n1)C(=O)NCC(F)(F)F. The number of hydrogen-bond donors (Lipinski definition) is 4. The highest BCUT2D eigenvalue weighted by atomic mass is 19.4. The van der Waals surface area contributed by atoms with Crippen molar-refractivity contribution >= 4 is 28.6 Å². The number of halogens is 3. The zero-order valence-electron chi connectivity index (χ0n) is 15.1. The normalized spacial score (nSPS) is 12.2. The van der Waals surface area contributed by atoms with Crippen LogP contribution in [0, 0.1) is 0 Å². The van der Waals surface area contributed by atoms with Gasteiger partial charge in [-0.25, -0.2) is 15.0 Å². The molecule has 0 saturated heterocycles. The Morgan fingerprint density at radius 3 is 2.75 bits per heavy atom. The topological polar surface area (TPSA) is 122 Å². The summed E-state index contributed by atoms with van der Waals surface area (Å²) in [7, 11) is 0. The number of carbonyl (C=O) groups excluding carboxylic acids is 1. The first kappa shape index (κ1) is 19.4. The number of hydrogen-bond acceptors (Lipinski definition) is 6. The molecule has 0 spiro atoms. The van der Waals surface area contributed by atoms with Crippen LogP contribution in [0.4, 0.5) is 24.8 Å². The predicted molar refractivity (Wildman–Crippen MR) is 98.3 cm³/mol. The number of anilines is 2. The minimum absolute atomic E-state index is 0.0506. The number of aromatic nitrogens is 4. The van der Waals surface area contributed by atoms with Crippen LogP contribution in [0.15, 0.2) is 30.7 Å². The van der Waals surface area contributed by atoms with Crippen molar-refractivity contribution in [3.8, 4) is 11.3 Å². The minimum Gasteiger partial charge on any atom is -0.396 e. The van der Waals surface area contributed by atoms with Gasteiger partial charge in [0.1, 0.15) is 23.4 Å². The van der Waals surface area contributed by atoms with Gasteiger partial charge >= 0.3 is 6.18 Å². The number of pyridine rings is 1. The average Bonchev–Trinajstić information content (AvgIpc) is 3.04. The van der Waals surface area contributed by atoms with Gasteiger partial charge in [-0.3, -0.25) is 4.79 Å². The summed E-state index contributed by atoms with van der Waals surface area (Å²) in [5, 5.41) is 5.38. The molecule has 0 fully saturated rings. The smallest absolute Gasteiger partial charge is 0.396 e. The Morgan fingerprint density at radius 1 is 1.29 bits per heavy atom. The van der Waals surface area contributed by atoms with Gasteiger partial charge in [0.15, 0.2) is 0 Å². The fraction of sp³-hybridized carbons (Fsp3) is 0.294. The van der Waals surface area contributed by atoms with E-state index < -0.39 is 24.2 Å². The van der Waals surface area contributed by atoms with E-state index in [9.17, 15) is 18.0 Å². The Labute approximate surface area is 157 Å². The summed E-state index contributed by atoms with van der Waals surface area (Å²) in [6.07, 6.45) is 0.200. The molecule has 0 saturated carbocycles. The monoisotopic (exact) mass is 393 g/mol. The third-order valence-electron chi connectivity index (χ3n) is 3.96. The zero-order chi connectivity index (χ0) is 20.5. The average molecular weight is 393 g/mol. The molecule has 0 aromatic carbocycles. The zero-order valence-corrected chi connectivity index (χ0v) is 15.1. The predicted octanol–water partition coefficient (Wildman–Crippen LogP) is 2.47.